The maximum absolute atomic E-state index is 2.33. The molecule has 0 aliphatic heterocycles. The Balaban J connectivity index is 0. The van der Waals surface area contributed by atoms with Crippen LogP contribution >= 0.6 is 0 Å². The Morgan fingerprint density at radius 3 is 1.06 bits per heavy atom. The van der Waals surface area contributed by atoms with E-state index in [1.807, 2.05) is 0 Å². The minimum atomic E-state index is -0.603. The molecule has 0 aromatic heterocycles. The maximum Gasteiger partial charge on any atom is -1.00 e. The predicted octanol–water partition coefficient (Wildman–Crippen LogP) is 3.06. The van der Waals surface area contributed by atoms with Crippen LogP contribution in [0.5, 0.6) is 0 Å². The van der Waals surface area contributed by atoms with Crippen molar-refractivity contribution in [1.82, 2.24) is 0 Å². The second kappa shape index (κ2) is 16.8. The Kier molecular flexibility index (Phi) is 20.0. The van der Waals surface area contributed by atoms with Crippen LogP contribution in [0.3, 0.4) is 0 Å². The van der Waals surface area contributed by atoms with E-state index in [1.54, 1.807) is 35.0 Å². The summed E-state index contributed by atoms with van der Waals surface area (Å²) in [5.74, 6) is 0. The largest absolute Gasteiger partial charge is 1.00 e. The molecule has 0 atom stereocenters. The summed E-state index contributed by atoms with van der Waals surface area (Å²) in [6, 6.07) is 0. The van der Waals surface area contributed by atoms with Gasteiger partial charge in [0.25, 0.3) is 0 Å². The molecule has 0 spiro atoms. The molecular formula is C15H33ClGe. The second-order valence-electron chi connectivity index (χ2n) is 5.12. The number of halogens is 1. The van der Waals surface area contributed by atoms with Crippen molar-refractivity contribution in [3.8, 4) is 0 Å². The number of unbranched alkanes of at least 4 members (excludes halogenated alkanes) is 6. The minimum Gasteiger partial charge on any atom is -1.00 e. The van der Waals surface area contributed by atoms with E-state index in [1.165, 1.54) is 38.5 Å². The molecule has 2 heteroatoms. The molecule has 0 aromatic carbocycles. The summed E-state index contributed by atoms with van der Waals surface area (Å²) < 4.78 is 0. The minimum absolute atomic E-state index is 0. The normalized spacial score (nSPS) is 10.1. The first kappa shape index (κ1) is 20.2. The summed E-state index contributed by atoms with van der Waals surface area (Å²) >= 11 is -0.603. The molecule has 0 unspecified atom stereocenters. The molecule has 0 nitrogen and oxygen atoms in total. The van der Waals surface area contributed by atoms with E-state index in [4.69, 9.17) is 0 Å². The monoisotopic (exact) mass is 322 g/mol. The fourth-order valence-electron chi connectivity index (χ4n) is 2.25. The maximum atomic E-state index is 2.33. The van der Waals surface area contributed by atoms with Gasteiger partial charge in [0.15, 0.2) is 0 Å². The molecule has 0 aliphatic carbocycles. The molecule has 0 heterocycles. The van der Waals surface area contributed by atoms with Crippen LogP contribution < -0.4 is 12.4 Å². The van der Waals surface area contributed by atoms with Gasteiger partial charge in [0.2, 0.25) is 0 Å². The van der Waals surface area contributed by atoms with Crippen molar-refractivity contribution < 1.29 is 12.4 Å². The van der Waals surface area contributed by atoms with Crippen LogP contribution in [0.1, 0.15) is 78.6 Å². The van der Waals surface area contributed by atoms with Crippen molar-refractivity contribution in [3.63, 3.8) is 0 Å². The van der Waals surface area contributed by atoms with E-state index in [9.17, 15) is 0 Å². The van der Waals surface area contributed by atoms with Crippen LogP contribution in [0.2, 0.25) is 15.8 Å². The average Bonchev–Trinajstić information content (AvgIpc) is 2.29. The first-order valence-electron chi connectivity index (χ1n) is 7.68. The van der Waals surface area contributed by atoms with Crippen LogP contribution in [0.15, 0.2) is 0 Å². The molecule has 0 saturated carbocycles. The standard InChI is InChI=1S/C15H33Ge.ClH/c1-4-7-10-13-16(14-11-8-5-2)15-12-9-6-3;/h4-15H2,1-3H3;1H/q+1;/p-1. The molecule has 0 amide bonds. The smallest absolute Gasteiger partial charge is 1.00 e. The third-order valence-electron chi connectivity index (χ3n) is 3.40. The zero-order valence-corrected chi connectivity index (χ0v) is 15.2. The molecular weight excluding hydrogens is 288 g/mol. The fraction of sp³-hybridized carbons (Fsp3) is 1.00. The van der Waals surface area contributed by atoms with Gasteiger partial charge in [-0.1, -0.05) is 0 Å². The van der Waals surface area contributed by atoms with Crippen LogP contribution in [0, 0.1) is 0 Å². The second-order valence-corrected chi connectivity index (χ2v) is 11.4. The van der Waals surface area contributed by atoms with E-state index in [2.05, 4.69) is 20.8 Å². The van der Waals surface area contributed by atoms with Gasteiger partial charge in [0, 0.05) is 0 Å². The zero-order valence-electron chi connectivity index (χ0n) is 12.4. The van der Waals surface area contributed by atoms with Crippen molar-refractivity contribution in [1.29, 1.82) is 0 Å². The van der Waals surface area contributed by atoms with Gasteiger partial charge in [-0.3, -0.25) is 0 Å². The summed E-state index contributed by atoms with van der Waals surface area (Å²) in [7, 11) is 0. The first-order valence-corrected chi connectivity index (χ1v) is 12.1. The third kappa shape index (κ3) is 14.8. The van der Waals surface area contributed by atoms with Gasteiger partial charge >= 0.3 is 109 Å². The van der Waals surface area contributed by atoms with Crippen LogP contribution in [-0.4, -0.2) is 14.3 Å². The first-order chi connectivity index (χ1) is 7.85. The number of hydrogen-bond donors (Lipinski definition) is 0. The van der Waals surface area contributed by atoms with E-state index >= 15 is 0 Å². The van der Waals surface area contributed by atoms with Gasteiger partial charge in [0.05, 0.1) is 0 Å². The van der Waals surface area contributed by atoms with Gasteiger partial charge in [-0.2, -0.15) is 0 Å². The Bertz CT molecular complexity index is 104. The van der Waals surface area contributed by atoms with Gasteiger partial charge in [-0.05, 0) is 0 Å². The predicted molar refractivity (Wildman–Crippen MR) is 78.8 cm³/mol. The third-order valence-corrected chi connectivity index (χ3v) is 10.1. The Labute approximate surface area is 121 Å². The molecule has 0 fully saturated rings. The summed E-state index contributed by atoms with van der Waals surface area (Å²) in [6.07, 6.45) is 13.3. The van der Waals surface area contributed by atoms with Gasteiger partial charge in [-0.25, -0.2) is 0 Å². The molecule has 17 heavy (non-hydrogen) atoms. The van der Waals surface area contributed by atoms with E-state index in [0.29, 0.717) is 0 Å². The average molecular weight is 321 g/mol. The van der Waals surface area contributed by atoms with Crippen molar-refractivity contribution in [3.05, 3.63) is 0 Å². The van der Waals surface area contributed by atoms with Gasteiger partial charge < -0.3 is 12.4 Å². The van der Waals surface area contributed by atoms with Crippen LogP contribution in [0.25, 0.3) is 0 Å². The molecule has 0 aliphatic rings. The summed E-state index contributed by atoms with van der Waals surface area (Å²) in [5.41, 5.74) is 0. The topological polar surface area (TPSA) is 0 Å². The SMILES string of the molecule is CCCC[CH2][Ge+]([CH2]CCCC)[CH2]CCCC.[Cl-]. The molecule has 0 saturated heterocycles. The molecule has 0 radical (unpaired) electrons. The van der Waals surface area contributed by atoms with Crippen LogP contribution in [-0.2, 0) is 0 Å². The summed E-state index contributed by atoms with van der Waals surface area (Å²) in [4.78, 5) is 0. The van der Waals surface area contributed by atoms with Crippen molar-refractivity contribution in [2.24, 2.45) is 0 Å². The Morgan fingerprint density at radius 1 is 0.529 bits per heavy atom. The summed E-state index contributed by atoms with van der Waals surface area (Å²) in [6.45, 7) is 6.98. The van der Waals surface area contributed by atoms with E-state index in [-0.39, 0.29) is 12.4 Å². The van der Waals surface area contributed by atoms with Crippen molar-refractivity contribution >= 4 is 14.3 Å². The number of rotatable bonds is 12. The van der Waals surface area contributed by atoms with Crippen molar-refractivity contribution in [2.75, 3.05) is 0 Å². The Hall–Kier alpha value is 0.833. The zero-order chi connectivity index (χ0) is 12.1. The van der Waals surface area contributed by atoms with Gasteiger partial charge in [0.1, 0.15) is 0 Å². The van der Waals surface area contributed by atoms with E-state index in [0.717, 1.165) is 0 Å². The molecule has 0 N–H and O–H groups in total. The molecule has 0 rings (SSSR count). The van der Waals surface area contributed by atoms with Crippen LogP contribution in [0.4, 0.5) is 0 Å². The fourth-order valence-corrected chi connectivity index (χ4v) is 8.54. The van der Waals surface area contributed by atoms with E-state index < -0.39 is 14.3 Å². The van der Waals surface area contributed by atoms with Crippen molar-refractivity contribution in [2.45, 2.75) is 94.3 Å². The summed E-state index contributed by atoms with van der Waals surface area (Å²) in [5, 5.41) is 5.00. The number of hydrogen-bond acceptors (Lipinski definition) is 0. The molecule has 104 valence electrons. The van der Waals surface area contributed by atoms with Gasteiger partial charge in [-0.15, -0.1) is 0 Å². The Morgan fingerprint density at radius 2 is 0.824 bits per heavy atom. The molecule has 0 bridgehead atoms. The molecule has 0 aromatic rings. The quantitative estimate of drug-likeness (QED) is 0.383.